The van der Waals surface area contributed by atoms with E-state index in [1.165, 1.54) is 0 Å². The van der Waals surface area contributed by atoms with Crippen LogP contribution in [0.1, 0.15) is 0 Å². The van der Waals surface area contributed by atoms with Crippen LogP contribution < -0.4 is 5.73 Å². The highest BCUT2D eigenvalue weighted by Crippen LogP contribution is 2.36. The van der Waals surface area contributed by atoms with Crippen molar-refractivity contribution in [1.82, 2.24) is 0 Å². The number of rotatable bonds is 2. The number of phenolic OH excluding ortho intramolecular Hbond substituents is 1. The number of nitrogens with two attached hydrogens (primary N) is 1. The quantitative estimate of drug-likeness (QED) is 0.473. The predicted octanol–water partition coefficient (Wildman–Crippen LogP) is 3.36. The molecule has 0 amide bonds. The Labute approximate surface area is 99.1 Å². The van der Waals surface area contributed by atoms with Crippen LogP contribution in [-0.4, -0.2) is 11.4 Å². The normalized spacial score (nSPS) is 10.3. The highest BCUT2D eigenvalue weighted by molar-refractivity contribution is 7.98. The van der Waals surface area contributed by atoms with Crippen LogP contribution in [0.15, 0.2) is 47.4 Å². The van der Waals surface area contributed by atoms with Gasteiger partial charge in [-0.25, -0.2) is 0 Å². The molecule has 0 aliphatic heterocycles. The minimum Gasteiger partial charge on any atom is -0.507 e. The van der Waals surface area contributed by atoms with E-state index in [0.29, 0.717) is 5.69 Å². The molecule has 2 rings (SSSR count). The predicted molar refractivity (Wildman–Crippen MR) is 69.7 cm³/mol. The van der Waals surface area contributed by atoms with Crippen LogP contribution in [0, 0.1) is 0 Å². The fourth-order valence-electron chi connectivity index (χ4n) is 1.64. The maximum atomic E-state index is 9.84. The minimum atomic E-state index is 0.260. The number of benzene rings is 2. The number of phenols is 1. The number of hydrogen-bond acceptors (Lipinski definition) is 3. The number of hydrogen-bond donors (Lipinski definition) is 2. The molecule has 3 N–H and O–H groups in total. The molecule has 0 fully saturated rings. The van der Waals surface area contributed by atoms with Gasteiger partial charge in [0.05, 0.1) is 0 Å². The Kier molecular flexibility index (Phi) is 3.06. The number of aromatic hydroxyl groups is 1. The van der Waals surface area contributed by atoms with Crippen LogP contribution >= 0.6 is 11.8 Å². The van der Waals surface area contributed by atoms with Crippen LogP contribution in [0.25, 0.3) is 11.1 Å². The van der Waals surface area contributed by atoms with Gasteiger partial charge in [0.15, 0.2) is 0 Å². The van der Waals surface area contributed by atoms with Gasteiger partial charge >= 0.3 is 0 Å². The summed E-state index contributed by atoms with van der Waals surface area (Å²) in [6, 6.07) is 13.1. The Morgan fingerprint density at radius 1 is 1.06 bits per heavy atom. The van der Waals surface area contributed by atoms with Gasteiger partial charge in [-0.15, -0.1) is 11.8 Å². The summed E-state index contributed by atoms with van der Waals surface area (Å²) in [5.74, 6) is 0.260. The molecule has 0 atom stereocenters. The maximum absolute atomic E-state index is 9.84. The second kappa shape index (κ2) is 4.49. The first-order valence-electron chi connectivity index (χ1n) is 4.94. The van der Waals surface area contributed by atoms with Gasteiger partial charge in [-0.1, -0.05) is 18.2 Å². The van der Waals surface area contributed by atoms with Crippen molar-refractivity contribution in [3.05, 3.63) is 42.5 Å². The van der Waals surface area contributed by atoms with E-state index in [-0.39, 0.29) is 5.75 Å². The van der Waals surface area contributed by atoms with E-state index >= 15 is 0 Å². The van der Waals surface area contributed by atoms with Crippen molar-refractivity contribution in [2.75, 3.05) is 12.0 Å². The summed E-state index contributed by atoms with van der Waals surface area (Å²) in [4.78, 5) is 1.13. The van der Waals surface area contributed by atoms with E-state index in [0.717, 1.165) is 16.0 Å². The molecule has 0 aliphatic carbocycles. The van der Waals surface area contributed by atoms with Crippen LogP contribution in [-0.2, 0) is 0 Å². The lowest BCUT2D eigenvalue weighted by Crippen LogP contribution is -1.87. The second-order valence-electron chi connectivity index (χ2n) is 3.48. The van der Waals surface area contributed by atoms with Crippen molar-refractivity contribution in [1.29, 1.82) is 0 Å². The topological polar surface area (TPSA) is 46.2 Å². The summed E-state index contributed by atoms with van der Waals surface area (Å²) in [7, 11) is 0. The van der Waals surface area contributed by atoms with Crippen LogP contribution in [0.4, 0.5) is 5.69 Å². The largest absolute Gasteiger partial charge is 0.507 e. The van der Waals surface area contributed by atoms with E-state index < -0.39 is 0 Å². The van der Waals surface area contributed by atoms with Crippen molar-refractivity contribution in [3.8, 4) is 16.9 Å². The summed E-state index contributed by atoms with van der Waals surface area (Å²) in [5.41, 5.74) is 8.19. The van der Waals surface area contributed by atoms with Gasteiger partial charge in [-0.05, 0) is 36.1 Å². The van der Waals surface area contributed by atoms with Crippen molar-refractivity contribution in [2.45, 2.75) is 4.90 Å². The standard InChI is InChI=1S/C13H13NOS/c1-16-13-5-3-2-4-10(13)11-8-9(14)6-7-12(11)15/h2-8,15H,14H2,1H3. The molecule has 82 valence electrons. The smallest absolute Gasteiger partial charge is 0.123 e. The lowest BCUT2D eigenvalue weighted by atomic mass is 10.0. The third-order valence-corrected chi connectivity index (χ3v) is 3.21. The Morgan fingerprint density at radius 3 is 2.56 bits per heavy atom. The molecule has 0 aliphatic rings. The summed E-state index contributed by atoms with van der Waals surface area (Å²) in [6.07, 6.45) is 2.02. The van der Waals surface area contributed by atoms with E-state index in [4.69, 9.17) is 5.73 Å². The number of anilines is 1. The molecule has 0 aromatic heterocycles. The van der Waals surface area contributed by atoms with Crippen LogP contribution in [0.2, 0.25) is 0 Å². The van der Waals surface area contributed by atoms with E-state index in [1.807, 2.05) is 30.5 Å². The SMILES string of the molecule is CSc1ccccc1-c1cc(N)ccc1O. The van der Waals surface area contributed by atoms with Gasteiger partial charge in [0.25, 0.3) is 0 Å². The molecule has 2 aromatic rings. The van der Waals surface area contributed by atoms with Gasteiger partial charge < -0.3 is 10.8 Å². The zero-order valence-electron chi connectivity index (χ0n) is 8.97. The average molecular weight is 231 g/mol. The molecule has 2 aromatic carbocycles. The fourth-order valence-corrected chi connectivity index (χ4v) is 2.25. The van der Waals surface area contributed by atoms with Gasteiger partial charge in [0.2, 0.25) is 0 Å². The summed E-state index contributed by atoms with van der Waals surface area (Å²) in [6.45, 7) is 0. The van der Waals surface area contributed by atoms with Crippen molar-refractivity contribution < 1.29 is 5.11 Å². The molecule has 0 unspecified atom stereocenters. The highest BCUT2D eigenvalue weighted by atomic mass is 32.2. The average Bonchev–Trinajstić information content (AvgIpc) is 2.32. The zero-order chi connectivity index (χ0) is 11.5. The molecule has 0 spiro atoms. The van der Waals surface area contributed by atoms with E-state index in [1.54, 1.807) is 30.0 Å². The van der Waals surface area contributed by atoms with Crippen molar-refractivity contribution >= 4 is 17.4 Å². The van der Waals surface area contributed by atoms with Crippen molar-refractivity contribution in [2.24, 2.45) is 0 Å². The molecular weight excluding hydrogens is 218 g/mol. The summed E-state index contributed by atoms with van der Waals surface area (Å²) < 4.78 is 0. The van der Waals surface area contributed by atoms with Gasteiger partial charge in [0, 0.05) is 16.1 Å². The van der Waals surface area contributed by atoms with Crippen LogP contribution in [0.5, 0.6) is 5.75 Å². The Balaban J connectivity index is 2.62. The summed E-state index contributed by atoms with van der Waals surface area (Å²) >= 11 is 1.65. The Morgan fingerprint density at radius 2 is 1.81 bits per heavy atom. The molecule has 0 bridgehead atoms. The second-order valence-corrected chi connectivity index (χ2v) is 4.32. The minimum absolute atomic E-state index is 0.260. The molecule has 3 heteroatoms. The molecule has 0 saturated heterocycles. The van der Waals surface area contributed by atoms with Crippen molar-refractivity contribution in [3.63, 3.8) is 0 Å². The maximum Gasteiger partial charge on any atom is 0.123 e. The molecule has 0 saturated carbocycles. The van der Waals surface area contributed by atoms with E-state index in [9.17, 15) is 5.11 Å². The monoisotopic (exact) mass is 231 g/mol. The highest BCUT2D eigenvalue weighted by Gasteiger charge is 2.08. The third-order valence-electron chi connectivity index (χ3n) is 2.42. The summed E-state index contributed by atoms with van der Waals surface area (Å²) in [5, 5.41) is 9.84. The van der Waals surface area contributed by atoms with Gasteiger partial charge in [-0.2, -0.15) is 0 Å². The molecule has 16 heavy (non-hydrogen) atoms. The van der Waals surface area contributed by atoms with Gasteiger partial charge in [0.1, 0.15) is 5.75 Å². The van der Waals surface area contributed by atoms with Gasteiger partial charge in [-0.3, -0.25) is 0 Å². The molecule has 0 radical (unpaired) electrons. The Bertz CT molecular complexity index is 511. The lowest BCUT2D eigenvalue weighted by Gasteiger charge is -2.09. The first-order valence-corrected chi connectivity index (χ1v) is 6.16. The third kappa shape index (κ3) is 1.99. The van der Waals surface area contributed by atoms with E-state index in [2.05, 4.69) is 0 Å². The first-order chi connectivity index (χ1) is 7.72. The Hall–Kier alpha value is -1.61. The first kappa shape index (κ1) is 10.9. The number of nitrogen functional groups attached to an aromatic ring is 1. The molecule has 0 heterocycles. The molecular formula is C13H13NOS. The lowest BCUT2D eigenvalue weighted by molar-refractivity contribution is 0.477. The number of thioether (sulfide) groups is 1. The fraction of sp³-hybridized carbons (Fsp3) is 0.0769. The van der Waals surface area contributed by atoms with Crippen LogP contribution in [0.3, 0.4) is 0 Å². The zero-order valence-corrected chi connectivity index (χ0v) is 9.79. The molecule has 2 nitrogen and oxygen atoms in total.